The van der Waals surface area contributed by atoms with Crippen LogP contribution in [0.3, 0.4) is 0 Å². The normalized spacial score (nSPS) is 17.4. The van der Waals surface area contributed by atoms with Gasteiger partial charge in [0.2, 0.25) is 11.2 Å². The Balaban J connectivity index is 2.30. The highest BCUT2D eigenvalue weighted by Gasteiger charge is 2.23. The van der Waals surface area contributed by atoms with Gasteiger partial charge in [-0.1, -0.05) is 6.42 Å². The van der Waals surface area contributed by atoms with Crippen molar-refractivity contribution < 1.29 is 0 Å². The van der Waals surface area contributed by atoms with Crippen molar-refractivity contribution in [2.24, 2.45) is 0 Å². The van der Waals surface area contributed by atoms with Crippen molar-refractivity contribution in [2.45, 2.75) is 25.2 Å². The molecule has 1 aromatic heterocycles. The van der Waals surface area contributed by atoms with E-state index in [1.165, 1.54) is 6.42 Å². The summed E-state index contributed by atoms with van der Waals surface area (Å²) in [5, 5.41) is 0.199. The summed E-state index contributed by atoms with van der Waals surface area (Å²) >= 11 is 5.63. The van der Waals surface area contributed by atoms with Gasteiger partial charge >= 0.3 is 0 Å². The molecule has 0 bridgehead atoms. The van der Waals surface area contributed by atoms with E-state index < -0.39 is 0 Å². The van der Waals surface area contributed by atoms with Crippen LogP contribution >= 0.6 is 11.6 Å². The van der Waals surface area contributed by atoms with E-state index in [2.05, 4.69) is 15.0 Å². The molecule has 1 saturated carbocycles. The number of hydrogen-bond acceptors (Lipinski definition) is 4. The van der Waals surface area contributed by atoms with Crippen LogP contribution in [0.25, 0.3) is 0 Å². The van der Waals surface area contributed by atoms with Crippen LogP contribution in [-0.4, -0.2) is 15.0 Å². The summed E-state index contributed by atoms with van der Waals surface area (Å²) in [4.78, 5) is 11.7. The van der Waals surface area contributed by atoms with Crippen molar-refractivity contribution >= 4 is 17.5 Å². The molecule has 0 spiro atoms. The van der Waals surface area contributed by atoms with Gasteiger partial charge < -0.3 is 5.73 Å². The molecule has 2 rings (SSSR count). The first-order chi connectivity index (χ1) is 5.75. The molecule has 4 nitrogen and oxygen atoms in total. The average Bonchev–Trinajstić information content (AvgIpc) is 1.79. The third kappa shape index (κ3) is 1.34. The molecule has 1 heterocycles. The number of nitrogens with zero attached hydrogens (tertiary/aromatic N) is 3. The summed E-state index contributed by atoms with van der Waals surface area (Å²) in [7, 11) is 0. The van der Waals surface area contributed by atoms with Gasteiger partial charge in [0, 0.05) is 5.92 Å². The maximum Gasteiger partial charge on any atom is 0.227 e. The van der Waals surface area contributed by atoms with E-state index in [9.17, 15) is 0 Å². The molecule has 1 aliphatic rings. The monoisotopic (exact) mass is 184 g/mol. The Morgan fingerprint density at radius 1 is 1.25 bits per heavy atom. The van der Waals surface area contributed by atoms with Gasteiger partial charge in [-0.05, 0) is 24.4 Å². The molecule has 0 aromatic carbocycles. The second kappa shape index (κ2) is 2.86. The standard InChI is InChI=1S/C7H9ClN4/c8-6-10-5(4-2-1-3-4)11-7(9)12-6/h4H,1-3H2,(H2,9,10,11,12). The van der Waals surface area contributed by atoms with E-state index in [-0.39, 0.29) is 11.2 Å². The summed E-state index contributed by atoms with van der Waals surface area (Å²) < 4.78 is 0. The van der Waals surface area contributed by atoms with Gasteiger partial charge in [-0.15, -0.1) is 0 Å². The molecule has 12 heavy (non-hydrogen) atoms. The van der Waals surface area contributed by atoms with Gasteiger partial charge in [-0.25, -0.2) is 4.98 Å². The Morgan fingerprint density at radius 2 is 2.00 bits per heavy atom. The molecule has 0 aliphatic heterocycles. The fraction of sp³-hybridized carbons (Fsp3) is 0.571. The largest absolute Gasteiger partial charge is 0.368 e. The summed E-state index contributed by atoms with van der Waals surface area (Å²) in [5.74, 6) is 1.42. The lowest BCUT2D eigenvalue weighted by molar-refractivity contribution is 0.401. The molecule has 0 radical (unpaired) electrons. The molecule has 1 aliphatic carbocycles. The third-order valence-electron chi connectivity index (χ3n) is 2.11. The smallest absolute Gasteiger partial charge is 0.227 e. The molecule has 0 saturated heterocycles. The van der Waals surface area contributed by atoms with E-state index in [1.807, 2.05) is 0 Å². The Labute approximate surface area is 75.2 Å². The maximum absolute atomic E-state index is 5.63. The first-order valence-electron chi connectivity index (χ1n) is 3.92. The quantitative estimate of drug-likeness (QED) is 0.716. The van der Waals surface area contributed by atoms with Crippen LogP contribution in [0.5, 0.6) is 0 Å². The van der Waals surface area contributed by atoms with Crippen LogP contribution in [0.15, 0.2) is 0 Å². The Morgan fingerprint density at radius 3 is 2.50 bits per heavy atom. The van der Waals surface area contributed by atoms with Crippen LogP contribution < -0.4 is 5.73 Å². The first-order valence-corrected chi connectivity index (χ1v) is 4.30. The zero-order valence-corrected chi connectivity index (χ0v) is 7.25. The van der Waals surface area contributed by atoms with Crippen LogP contribution in [-0.2, 0) is 0 Å². The maximum atomic E-state index is 5.63. The molecule has 0 amide bonds. The van der Waals surface area contributed by atoms with Crippen molar-refractivity contribution in [1.29, 1.82) is 0 Å². The van der Waals surface area contributed by atoms with Crippen LogP contribution in [0.2, 0.25) is 5.28 Å². The van der Waals surface area contributed by atoms with Crippen molar-refractivity contribution in [3.8, 4) is 0 Å². The van der Waals surface area contributed by atoms with Crippen molar-refractivity contribution in [2.75, 3.05) is 5.73 Å². The Hall–Kier alpha value is -0.900. The van der Waals surface area contributed by atoms with Gasteiger partial charge in [-0.3, -0.25) is 0 Å². The van der Waals surface area contributed by atoms with Crippen LogP contribution in [0, 0.1) is 0 Å². The van der Waals surface area contributed by atoms with Gasteiger partial charge in [0.15, 0.2) is 0 Å². The Kier molecular flexibility index (Phi) is 1.84. The summed E-state index contributed by atoms with van der Waals surface area (Å²) in [6, 6.07) is 0. The zero-order valence-electron chi connectivity index (χ0n) is 6.50. The Bertz CT molecular complexity index is 277. The molecule has 0 unspecified atom stereocenters. The summed E-state index contributed by atoms with van der Waals surface area (Å²) in [6.45, 7) is 0. The zero-order chi connectivity index (χ0) is 8.55. The fourth-order valence-corrected chi connectivity index (χ4v) is 1.40. The third-order valence-corrected chi connectivity index (χ3v) is 2.28. The van der Waals surface area contributed by atoms with E-state index in [4.69, 9.17) is 17.3 Å². The van der Waals surface area contributed by atoms with Gasteiger partial charge in [0.25, 0.3) is 0 Å². The predicted molar refractivity (Wildman–Crippen MR) is 45.8 cm³/mol. The average molecular weight is 185 g/mol. The number of nitrogen functional groups attached to an aromatic ring is 1. The molecule has 5 heteroatoms. The minimum absolute atomic E-state index is 0.199. The van der Waals surface area contributed by atoms with Crippen molar-refractivity contribution in [3.05, 3.63) is 11.1 Å². The van der Waals surface area contributed by atoms with Gasteiger partial charge in [-0.2, -0.15) is 9.97 Å². The molecule has 1 fully saturated rings. The van der Waals surface area contributed by atoms with Gasteiger partial charge in [0.1, 0.15) is 5.82 Å². The molecule has 64 valence electrons. The lowest BCUT2D eigenvalue weighted by Gasteiger charge is -2.23. The number of rotatable bonds is 1. The van der Waals surface area contributed by atoms with Crippen LogP contribution in [0.1, 0.15) is 31.0 Å². The molecule has 0 atom stereocenters. The topological polar surface area (TPSA) is 64.7 Å². The van der Waals surface area contributed by atoms with Crippen molar-refractivity contribution in [3.63, 3.8) is 0 Å². The minimum Gasteiger partial charge on any atom is -0.368 e. The van der Waals surface area contributed by atoms with Gasteiger partial charge in [0.05, 0.1) is 0 Å². The van der Waals surface area contributed by atoms with E-state index >= 15 is 0 Å². The first kappa shape index (κ1) is 7.73. The minimum atomic E-state index is 0.199. The second-order valence-electron chi connectivity index (χ2n) is 2.95. The summed E-state index contributed by atoms with van der Waals surface area (Å²) in [5.41, 5.74) is 5.43. The number of hydrogen-bond donors (Lipinski definition) is 1. The lowest BCUT2D eigenvalue weighted by Crippen LogP contribution is -2.14. The molecule has 2 N–H and O–H groups in total. The highest BCUT2D eigenvalue weighted by atomic mass is 35.5. The molecular formula is C7H9ClN4. The highest BCUT2D eigenvalue weighted by molar-refractivity contribution is 6.28. The van der Waals surface area contributed by atoms with E-state index in [0.717, 1.165) is 18.7 Å². The predicted octanol–water partition coefficient (Wildman–Crippen LogP) is 1.37. The number of nitrogens with two attached hydrogens (primary N) is 1. The summed E-state index contributed by atoms with van der Waals surface area (Å²) in [6.07, 6.45) is 3.52. The SMILES string of the molecule is Nc1nc(Cl)nc(C2CCC2)n1. The van der Waals surface area contributed by atoms with E-state index in [1.54, 1.807) is 0 Å². The van der Waals surface area contributed by atoms with Crippen LogP contribution in [0.4, 0.5) is 5.95 Å². The molecular weight excluding hydrogens is 176 g/mol. The fourth-order valence-electron chi connectivity index (χ4n) is 1.23. The van der Waals surface area contributed by atoms with E-state index in [0.29, 0.717) is 5.92 Å². The highest BCUT2D eigenvalue weighted by Crippen LogP contribution is 2.34. The second-order valence-corrected chi connectivity index (χ2v) is 3.29. The number of anilines is 1. The number of aromatic nitrogens is 3. The molecule has 1 aromatic rings. The lowest BCUT2D eigenvalue weighted by atomic mass is 9.85. The number of halogens is 1. The van der Waals surface area contributed by atoms with Crippen molar-refractivity contribution in [1.82, 2.24) is 15.0 Å².